The summed E-state index contributed by atoms with van der Waals surface area (Å²) in [6.45, 7) is 7.99. The standard InChI is InChI=1S/C11H22N4O.C2H6/c1-12-10-14(2)11(16)13-6-9-15-7-4-3-5-8-15;1-2/h10H,3-9H2,1-2H3,(H,13,16);1-2H3. The largest absolute Gasteiger partial charge is 0.336 e. The Labute approximate surface area is 111 Å². The lowest BCUT2D eigenvalue weighted by Gasteiger charge is -2.26. The highest BCUT2D eigenvalue weighted by Crippen LogP contribution is 2.07. The first kappa shape index (κ1) is 16.9. The second-order valence-electron chi connectivity index (χ2n) is 4.12. The Balaban J connectivity index is 0.00000137. The van der Waals surface area contributed by atoms with Crippen molar-refractivity contribution >= 4 is 12.4 Å². The van der Waals surface area contributed by atoms with Crippen LogP contribution in [0.3, 0.4) is 0 Å². The third-order valence-electron chi connectivity index (χ3n) is 2.76. The lowest BCUT2D eigenvalue weighted by Crippen LogP contribution is -2.42. The molecule has 1 N–H and O–H groups in total. The van der Waals surface area contributed by atoms with Gasteiger partial charge in [-0.25, -0.2) is 4.79 Å². The van der Waals surface area contributed by atoms with E-state index >= 15 is 0 Å². The van der Waals surface area contributed by atoms with Crippen molar-refractivity contribution in [3.8, 4) is 0 Å². The van der Waals surface area contributed by atoms with E-state index in [0.29, 0.717) is 6.54 Å². The molecular weight excluding hydrogens is 228 g/mol. The molecule has 1 aliphatic rings. The average molecular weight is 256 g/mol. The van der Waals surface area contributed by atoms with Gasteiger partial charge in [-0.15, -0.1) is 0 Å². The maximum Gasteiger partial charge on any atom is 0.322 e. The van der Waals surface area contributed by atoms with Crippen molar-refractivity contribution in [2.45, 2.75) is 33.1 Å². The van der Waals surface area contributed by atoms with E-state index in [4.69, 9.17) is 0 Å². The summed E-state index contributed by atoms with van der Waals surface area (Å²) in [7, 11) is 3.35. The summed E-state index contributed by atoms with van der Waals surface area (Å²) in [5.74, 6) is 0. The summed E-state index contributed by atoms with van der Waals surface area (Å²) in [6.07, 6.45) is 5.43. The average Bonchev–Trinajstić information content (AvgIpc) is 2.42. The van der Waals surface area contributed by atoms with E-state index in [9.17, 15) is 4.79 Å². The number of rotatable bonds is 4. The quantitative estimate of drug-likeness (QED) is 0.616. The van der Waals surface area contributed by atoms with Crippen LogP contribution in [0.2, 0.25) is 0 Å². The van der Waals surface area contributed by atoms with E-state index < -0.39 is 0 Å². The zero-order chi connectivity index (χ0) is 13.8. The first-order chi connectivity index (χ1) is 8.74. The van der Waals surface area contributed by atoms with Crippen LogP contribution >= 0.6 is 0 Å². The molecule has 0 unspecified atom stereocenters. The zero-order valence-electron chi connectivity index (χ0n) is 12.3. The lowest BCUT2D eigenvalue weighted by molar-refractivity contribution is 0.213. The Kier molecular flexibility index (Phi) is 10.3. The van der Waals surface area contributed by atoms with Crippen LogP contribution in [0.15, 0.2) is 4.99 Å². The molecule has 18 heavy (non-hydrogen) atoms. The van der Waals surface area contributed by atoms with E-state index in [2.05, 4.69) is 15.2 Å². The molecule has 0 aromatic carbocycles. The van der Waals surface area contributed by atoms with Gasteiger partial charge in [0.15, 0.2) is 0 Å². The van der Waals surface area contributed by atoms with Gasteiger partial charge in [-0.2, -0.15) is 0 Å². The maximum absolute atomic E-state index is 11.5. The first-order valence-corrected chi connectivity index (χ1v) is 6.89. The number of piperidine rings is 1. The van der Waals surface area contributed by atoms with Crippen molar-refractivity contribution in [1.29, 1.82) is 0 Å². The smallest absolute Gasteiger partial charge is 0.322 e. The minimum Gasteiger partial charge on any atom is -0.336 e. The van der Waals surface area contributed by atoms with Crippen LogP contribution in [-0.2, 0) is 0 Å². The molecular formula is C13H28N4O. The Bertz CT molecular complexity index is 237. The Morgan fingerprint density at radius 2 is 1.94 bits per heavy atom. The van der Waals surface area contributed by atoms with Crippen LogP contribution in [0.4, 0.5) is 4.79 Å². The summed E-state index contributed by atoms with van der Waals surface area (Å²) >= 11 is 0. The monoisotopic (exact) mass is 256 g/mol. The number of carbonyl (C=O) groups excluding carboxylic acids is 1. The van der Waals surface area contributed by atoms with Gasteiger partial charge in [0.25, 0.3) is 0 Å². The number of carbonyl (C=O) groups is 1. The number of nitrogens with one attached hydrogen (secondary N) is 1. The van der Waals surface area contributed by atoms with Crippen LogP contribution in [0.5, 0.6) is 0 Å². The third kappa shape index (κ3) is 7.27. The molecule has 106 valence electrons. The zero-order valence-corrected chi connectivity index (χ0v) is 12.3. The van der Waals surface area contributed by atoms with Crippen molar-refractivity contribution in [2.75, 3.05) is 40.3 Å². The van der Waals surface area contributed by atoms with E-state index in [1.165, 1.54) is 43.6 Å². The van der Waals surface area contributed by atoms with Crippen LogP contribution in [0, 0.1) is 0 Å². The van der Waals surface area contributed by atoms with Gasteiger partial charge in [0.2, 0.25) is 0 Å². The molecule has 5 nitrogen and oxygen atoms in total. The highest BCUT2D eigenvalue weighted by atomic mass is 16.2. The molecule has 1 saturated heterocycles. The molecule has 0 aliphatic carbocycles. The number of amides is 2. The Morgan fingerprint density at radius 3 is 2.50 bits per heavy atom. The summed E-state index contributed by atoms with van der Waals surface area (Å²) in [4.78, 5) is 19.1. The highest BCUT2D eigenvalue weighted by Gasteiger charge is 2.10. The van der Waals surface area contributed by atoms with Gasteiger partial charge < -0.3 is 10.2 Å². The number of aliphatic imine (C=N–C) groups is 1. The Morgan fingerprint density at radius 1 is 1.33 bits per heavy atom. The van der Waals surface area contributed by atoms with Crippen LogP contribution in [-0.4, -0.2) is 62.4 Å². The van der Waals surface area contributed by atoms with Crippen molar-refractivity contribution in [3.05, 3.63) is 0 Å². The predicted octanol–water partition coefficient (Wildman–Crippen LogP) is 1.80. The minimum absolute atomic E-state index is 0.0948. The van der Waals surface area contributed by atoms with Gasteiger partial charge in [0.1, 0.15) is 0 Å². The van der Waals surface area contributed by atoms with Gasteiger partial charge in [-0.05, 0) is 25.9 Å². The van der Waals surface area contributed by atoms with Crippen molar-refractivity contribution < 1.29 is 4.79 Å². The second-order valence-corrected chi connectivity index (χ2v) is 4.12. The summed E-state index contributed by atoms with van der Waals surface area (Å²) in [5.41, 5.74) is 0. The molecule has 0 spiro atoms. The molecule has 0 atom stereocenters. The fourth-order valence-corrected chi connectivity index (χ4v) is 1.85. The summed E-state index contributed by atoms with van der Waals surface area (Å²) in [5, 5.41) is 2.87. The van der Waals surface area contributed by atoms with Crippen molar-refractivity contribution in [2.24, 2.45) is 4.99 Å². The lowest BCUT2D eigenvalue weighted by atomic mass is 10.1. The number of nitrogens with zero attached hydrogens (tertiary/aromatic N) is 3. The first-order valence-electron chi connectivity index (χ1n) is 6.89. The molecule has 1 heterocycles. The molecule has 1 fully saturated rings. The molecule has 0 bridgehead atoms. The number of hydrogen-bond donors (Lipinski definition) is 1. The number of hydrogen-bond acceptors (Lipinski definition) is 3. The van der Waals surface area contributed by atoms with E-state index in [0.717, 1.165) is 6.54 Å². The third-order valence-corrected chi connectivity index (χ3v) is 2.76. The topological polar surface area (TPSA) is 47.9 Å². The highest BCUT2D eigenvalue weighted by molar-refractivity contribution is 5.85. The van der Waals surface area contributed by atoms with E-state index in [1.807, 2.05) is 13.8 Å². The second kappa shape index (κ2) is 11.0. The van der Waals surface area contributed by atoms with Crippen molar-refractivity contribution in [3.63, 3.8) is 0 Å². The van der Waals surface area contributed by atoms with Gasteiger partial charge in [-0.3, -0.25) is 9.89 Å². The maximum atomic E-state index is 11.5. The van der Waals surface area contributed by atoms with E-state index in [1.54, 1.807) is 14.1 Å². The van der Waals surface area contributed by atoms with E-state index in [-0.39, 0.29) is 6.03 Å². The van der Waals surface area contributed by atoms with Gasteiger partial charge >= 0.3 is 6.03 Å². The molecule has 0 saturated carbocycles. The summed E-state index contributed by atoms with van der Waals surface area (Å²) in [6, 6.07) is -0.0948. The molecule has 1 rings (SSSR count). The predicted molar refractivity (Wildman–Crippen MR) is 77.2 cm³/mol. The van der Waals surface area contributed by atoms with Crippen LogP contribution in [0.1, 0.15) is 33.1 Å². The molecule has 2 amide bonds. The summed E-state index contributed by atoms with van der Waals surface area (Å²) < 4.78 is 0. The van der Waals surface area contributed by atoms with Crippen LogP contribution in [0.25, 0.3) is 0 Å². The molecule has 5 heteroatoms. The normalized spacial score (nSPS) is 16.0. The fraction of sp³-hybridized carbons (Fsp3) is 0.846. The van der Waals surface area contributed by atoms with Crippen LogP contribution < -0.4 is 5.32 Å². The fourth-order valence-electron chi connectivity index (χ4n) is 1.85. The Hall–Kier alpha value is -1.10. The van der Waals surface area contributed by atoms with Gasteiger partial charge in [0, 0.05) is 27.2 Å². The molecule has 0 aromatic heterocycles. The minimum atomic E-state index is -0.0948. The van der Waals surface area contributed by atoms with Gasteiger partial charge in [0.05, 0.1) is 6.34 Å². The number of likely N-dealkylation sites (tertiary alicyclic amines) is 1. The SMILES string of the molecule is CC.CN=CN(C)C(=O)NCCN1CCCCC1. The molecule has 0 aromatic rings. The van der Waals surface area contributed by atoms with Crippen molar-refractivity contribution in [1.82, 2.24) is 15.1 Å². The number of urea groups is 1. The molecule has 1 aliphatic heterocycles. The van der Waals surface area contributed by atoms with Gasteiger partial charge in [-0.1, -0.05) is 20.3 Å². The molecule has 0 radical (unpaired) electrons.